The van der Waals surface area contributed by atoms with Gasteiger partial charge in [-0.3, -0.25) is 19.5 Å². The van der Waals surface area contributed by atoms with Gasteiger partial charge in [0.25, 0.3) is 5.78 Å². The van der Waals surface area contributed by atoms with Crippen molar-refractivity contribution in [3.8, 4) is 11.5 Å². The molecule has 1 N–H and O–H groups in total. The number of ether oxygens (including phenoxy) is 2. The molecule has 0 aliphatic carbocycles. The summed E-state index contributed by atoms with van der Waals surface area (Å²) in [6.45, 7) is 6.15. The molecule has 5 rings (SSSR count). The van der Waals surface area contributed by atoms with Crippen LogP contribution in [-0.2, 0) is 9.59 Å². The van der Waals surface area contributed by atoms with Crippen molar-refractivity contribution in [3.05, 3.63) is 95.3 Å². The summed E-state index contributed by atoms with van der Waals surface area (Å²) in [5.74, 6) is -1.03. The first kappa shape index (κ1) is 25.4. The zero-order valence-corrected chi connectivity index (χ0v) is 21.8. The molecule has 1 saturated heterocycles. The van der Waals surface area contributed by atoms with Crippen LogP contribution in [0.15, 0.2) is 79.2 Å². The number of nitrogens with zero attached hydrogens (tertiary/aromatic N) is 3. The number of aliphatic hydroxyl groups excluding tert-OH is 1. The first-order valence-corrected chi connectivity index (χ1v) is 12.9. The van der Waals surface area contributed by atoms with Gasteiger partial charge in [-0.25, -0.2) is 4.98 Å². The minimum absolute atomic E-state index is 0.0688. The van der Waals surface area contributed by atoms with E-state index < -0.39 is 17.7 Å². The Hall–Kier alpha value is -4.21. The lowest BCUT2D eigenvalue weighted by atomic mass is 9.95. The number of aliphatic hydroxyl groups is 1. The molecule has 10 heteroatoms. The first-order chi connectivity index (χ1) is 18.4. The fourth-order valence-electron chi connectivity index (χ4n) is 4.23. The van der Waals surface area contributed by atoms with E-state index in [0.717, 1.165) is 4.70 Å². The van der Waals surface area contributed by atoms with Gasteiger partial charge < -0.3 is 14.6 Å². The van der Waals surface area contributed by atoms with Crippen molar-refractivity contribution in [2.45, 2.75) is 13.0 Å². The molecular formula is C28H22ClN3O5S. The number of hydrogen-bond donors (Lipinski definition) is 1. The molecule has 8 nitrogen and oxygen atoms in total. The van der Waals surface area contributed by atoms with E-state index in [1.165, 1.54) is 28.6 Å². The van der Waals surface area contributed by atoms with Crippen molar-refractivity contribution in [1.29, 1.82) is 0 Å². The van der Waals surface area contributed by atoms with Gasteiger partial charge in [0.1, 0.15) is 12.4 Å². The monoisotopic (exact) mass is 547 g/mol. The summed E-state index contributed by atoms with van der Waals surface area (Å²) in [4.78, 5) is 36.8. The van der Waals surface area contributed by atoms with Crippen molar-refractivity contribution in [3.63, 3.8) is 0 Å². The highest BCUT2D eigenvalue weighted by molar-refractivity contribution is 7.22. The van der Waals surface area contributed by atoms with Crippen molar-refractivity contribution in [2.24, 2.45) is 0 Å². The Morgan fingerprint density at radius 1 is 1.13 bits per heavy atom. The molecule has 1 aliphatic heterocycles. The van der Waals surface area contributed by atoms with Crippen LogP contribution in [0.2, 0.25) is 5.02 Å². The van der Waals surface area contributed by atoms with Crippen molar-refractivity contribution in [1.82, 2.24) is 9.97 Å². The number of ketones is 1. The third-order valence-corrected chi connectivity index (χ3v) is 7.14. The van der Waals surface area contributed by atoms with Gasteiger partial charge in [0.2, 0.25) is 0 Å². The number of Topliss-reactive ketones (excluding diaryl/α,β-unsaturated/α-hetero) is 1. The molecular weight excluding hydrogens is 526 g/mol. The first-order valence-electron chi connectivity index (χ1n) is 11.7. The minimum Gasteiger partial charge on any atom is -0.507 e. The Balaban J connectivity index is 1.72. The summed E-state index contributed by atoms with van der Waals surface area (Å²) in [5, 5.41) is 12.1. The minimum atomic E-state index is -0.980. The van der Waals surface area contributed by atoms with Crippen LogP contribution in [-0.4, -0.2) is 40.0 Å². The van der Waals surface area contributed by atoms with Crippen molar-refractivity contribution < 1.29 is 24.2 Å². The zero-order valence-electron chi connectivity index (χ0n) is 20.3. The van der Waals surface area contributed by atoms with E-state index >= 15 is 0 Å². The smallest absolute Gasteiger partial charge is 0.301 e. The summed E-state index contributed by atoms with van der Waals surface area (Å²) in [7, 11) is 0. The van der Waals surface area contributed by atoms with Crippen molar-refractivity contribution >= 4 is 55.7 Å². The van der Waals surface area contributed by atoms with Crippen molar-refractivity contribution in [2.75, 3.05) is 18.1 Å². The van der Waals surface area contributed by atoms with E-state index in [9.17, 15) is 14.7 Å². The molecule has 38 heavy (non-hydrogen) atoms. The number of aromatic nitrogens is 2. The maximum atomic E-state index is 13.5. The Kier molecular flexibility index (Phi) is 7.13. The molecule has 0 spiro atoms. The molecule has 3 heterocycles. The van der Waals surface area contributed by atoms with Crippen LogP contribution in [0.5, 0.6) is 11.5 Å². The van der Waals surface area contributed by atoms with Gasteiger partial charge in [0.05, 0.1) is 28.4 Å². The second-order valence-electron chi connectivity index (χ2n) is 8.25. The van der Waals surface area contributed by atoms with E-state index in [1.807, 2.05) is 6.92 Å². The van der Waals surface area contributed by atoms with E-state index in [0.29, 0.717) is 44.9 Å². The highest BCUT2D eigenvalue weighted by Gasteiger charge is 2.48. The Morgan fingerprint density at radius 3 is 2.66 bits per heavy atom. The number of rotatable bonds is 8. The number of carbonyl (C=O) groups is 2. The molecule has 4 aromatic rings. The summed E-state index contributed by atoms with van der Waals surface area (Å²) in [6, 6.07) is 12.5. The second-order valence-corrected chi connectivity index (χ2v) is 9.70. The molecule has 0 bridgehead atoms. The van der Waals surface area contributed by atoms with Crippen LogP contribution in [0, 0.1) is 0 Å². The number of halogens is 1. The number of benzene rings is 2. The lowest BCUT2D eigenvalue weighted by Gasteiger charge is -2.24. The maximum Gasteiger partial charge on any atom is 0.301 e. The number of carbonyl (C=O) groups excluding carboxylic acids is 2. The van der Waals surface area contributed by atoms with Gasteiger partial charge >= 0.3 is 5.91 Å². The van der Waals surface area contributed by atoms with E-state index in [-0.39, 0.29) is 17.9 Å². The Morgan fingerprint density at radius 2 is 1.92 bits per heavy atom. The molecule has 1 amide bonds. The van der Waals surface area contributed by atoms with Crippen LogP contribution < -0.4 is 14.4 Å². The average Bonchev–Trinajstić information content (AvgIpc) is 3.45. The third-order valence-electron chi connectivity index (χ3n) is 5.88. The molecule has 0 saturated carbocycles. The molecule has 192 valence electrons. The summed E-state index contributed by atoms with van der Waals surface area (Å²) < 4.78 is 12.3. The zero-order chi connectivity index (χ0) is 26.8. The van der Waals surface area contributed by atoms with Gasteiger partial charge in [-0.05, 0) is 55.0 Å². The Bertz CT molecular complexity index is 1580. The highest BCUT2D eigenvalue weighted by Crippen LogP contribution is 2.46. The third kappa shape index (κ3) is 4.62. The van der Waals surface area contributed by atoms with Crippen LogP contribution in [0.3, 0.4) is 0 Å². The van der Waals surface area contributed by atoms with Gasteiger partial charge in [0, 0.05) is 23.0 Å². The number of amides is 1. The quantitative estimate of drug-likeness (QED) is 0.126. The molecule has 0 radical (unpaired) electrons. The van der Waals surface area contributed by atoms with Gasteiger partial charge in [-0.15, -0.1) is 0 Å². The number of fused-ring (bicyclic) bond motifs is 1. The lowest BCUT2D eigenvalue weighted by Crippen LogP contribution is -2.29. The highest BCUT2D eigenvalue weighted by atomic mass is 35.5. The standard InChI is InChI=1S/C28H22ClN3O5S/c1-3-13-37-20-8-5-17(14-21(20)36-4-2)24-23(25(33)16-9-11-30-12-10-16)26(34)27(35)32(24)28-31-19-7-6-18(29)15-22(19)38-28/h3,5-12,14-15,24,33H,1,4,13H2,2H3. The number of hydrogen-bond acceptors (Lipinski definition) is 8. The molecule has 2 aromatic heterocycles. The summed E-state index contributed by atoms with van der Waals surface area (Å²) >= 11 is 7.39. The average molecular weight is 548 g/mol. The van der Waals surface area contributed by atoms with Crippen LogP contribution in [0.4, 0.5) is 5.13 Å². The fourth-order valence-corrected chi connectivity index (χ4v) is 5.50. The second kappa shape index (κ2) is 10.6. The molecule has 1 atom stereocenters. The van der Waals surface area contributed by atoms with Crippen LogP contribution >= 0.6 is 22.9 Å². The topological polar surface area (TPSA) is 102 Å². The largest absolute Gasteiger partial charge is 0.507 e. The van der Waals surface area contributed by atoms with E-state index in [2.05, 4.69) is 16.5 Å². The predicted octanol–water partition coefficient (Wildman–Crippen LogP) is 5.93. The number of pyridine rings is 1. The number of anilines is 1. The number of thiazole rings is 1. The Labute approximate surface area is 227 Å². The van der Waals surface area contributed by atoms with Gasteiger partial charge in [-0.1, -0.05) is 41.7 Å². The van der Waals surface area contributed by atoms with Crippen LogP contribution in [0.25, 0.3) is 16.0 Å². The molecule has 1 aliphatic rings. The van der Waals surface area contributed by atoms with E-state index in [1.54, 1.807) is 54.6 Å². The fraction of sp³-hybridized carbons (Fsp3) is 0.143. The molecule has 1 fully saturated rings. The summed E-state index contributed by atoms with van der Waals surface area (Å²) in [6.07, 6.45) is 4.61. The van der Waals surface area contributed by atoms with Crippen LogP contribution in [0.1, 0.15) is 24.1 Å². The van der Waals surface area contributed by atoms with E-state index in [4.69, 9.17) is 21.1 Å². The van der Waals surface area contributed by atoms with Gasteiger partial charge in [-0.2, -0.15) is 0 Å². The predicted molar refractivity (Wildman–Crippen MR) is 147 cm³/mol. The molecule has 2 aromatic carbocycles. The maximum absolute atomic E-state index is 13.5. The normalized spacial score (nSPS) is 16.7. The van der Waals surface area contributed by atoms with Gasteiger partial charge in [0.15, 0.2) is 16.6 Å². The summed E-state index contributed by atoms with van der Waals surface area (Å²) in [5.41, 5.74) is 1.45. The lowest BCUT2D eigenvalue weighted by molar-refractivity contribution is -0.132. The SMILES string of the molecule is C=CCOc1ccc(C2C(=C(O)c3ccncc3)C(=O)C(=O)N2c2nc3ccc(Cl)cc3s2)cc1OCC. The molecule has 1 unspecified atom stereocenters.